The molecule has 0 aliphatic heterocycles. The first-order valence-corrected chi connectivity index (χ1v) is 10.2. The predicted molar refractivity (Wildman–Crippen MR) is 123 cm³/mol. The maximum absolute atomic E-state index is 12.6. The third-order valence-electron chi connectivity index (χ3n) is 4.76. The second-order valence-electron chi connectivity index (χ2n) is 7.11. The molecular formula is C23H21ClN6O. The van der Waals surface area contributed by atoms with E-state index in [1.54, 1.807) is 29.2 Å². The van der Waals surface area contributed by atoms with Crippen LogP contribution in [0.15, 0.2) is 67.1 Å². The van der Waals surface area contributed by atoms with Crippen LogP contribution >= 0.6 is 11.6 Å². The normalized spacial score (nSPS) is 10.7. The first-order chi connectivity index (χ1) is 15.0. The highest BCUT2D eigenvalue weighted by Gasteiger charge is 2.09. The quantitative estimate of drug-likeness (QED) is 0.422. The number of nitrogens with one attached hydrogen (secondary N) is 2. The lowest BCUT2D eigenvalue weighted by molar-refractivity contribution is 0.102. The van der Waals surface area contributed by atoms with Crippen molar-refractivity contribution >= 4 is 34.8 Å². The molecule has 0 aliphatic rings. The van der Waals surface area contributed by atoms with Gasteiger partial charge in [0.1, 0.15) is 0 Å². The number of anilines is 3. The summed E-state index contributed by atoms with van der Waals surface area (Å²) in [5, 5.41) is 10.3. The van der Waals surface area contributed by atoms with Gasteiger partial charge < -0.3 is 10.6 Å². The molecule has 1 amide bonds. The molecule has 0 saturated heterocycles. The number of carbonyl (C=O) groups excluding carboxylic acids is 1. The Labute approximate surface area is 185 Å². The molecule has 0 atom stereocenters. The number of aromatic nitrogens is 4. The number of hydrogen-bond acceptors (Lipinski definition) is 5. The summed E-state index contributed by atoms with van der Waals surface area (Å²) in [5.74, 6) is 0.677. The molecule has 2 aromatic heterocycles. The van der Waals surface area contributed by atoms with Gasteiger partial charge in [-0.25, -0.2) is 9.97 Å². The summed E-state index contributed by atoms with van der Waals surface area (Å²) in [6.07, 6.45) is 5.34. The Kier molecular flexibility index (Phi) is 5.95. The van der Waals surface area contributed by atoms with Crippen molar-refractivity contribution in [3.63, 3.8) is 0 Å². The molecular weight excluding hydrogens is 412 g/mol. The minimum atomic E-state index is -0.184. The fourth-order valence-electron chi connectivity index (χ4n) is 3.05. The monoisotopic (exact) mass is 432 g/mol. The lowest BCUT2D eigenvalue weighted by atomic mass is 10.1. The highest BCUT2D eigenvalue weighted by Crippen LogP contribution is 2.21. The molecule has 0 fully saturated rings. The van der Waals surface area contributed by atoms with Crippen LogP contribution in [0, 0.1) is 6.92 Å². The lowest BCUT2D eigenvalue weighted by Crippen LogP contribution is -2.13. The third-order valence-corrected chi connectivity index (χ3v) is 5.07. The van der Waals surface area contributed by atoms with E-state index in [2.05, 4.69) is 25.7 Å². The number of alkyl halides is 1. The summed E-state index contributed by atoms with van der Waals surface area (Å²) in [5.41, 5.74) is 5.70. The van der Waals surface area contributed by atoms with Crippen LogP contribution in [-0.2, 0) is 12.9 Å². The van der Waals surface area contributed by atoms with Gasteiger partial charge in [-0.05, 0) is 54.4 Å². The van der Waals surface area contributed by atoms with Gasteiger partial charge in [0.25, 0.3) is 5.91 Å². The zero-order valence-corrected chi connectivity index (χ0v) is 17.9. The number of rotatable bonds is 6. The zero-order chi connectivity index (χ0) is 21.8. The maximum atomic E-state index is 12.6. The number of benzene rings is 2. The Morgan fingerprint density at radius 1 is 1.13 bits per heavy atom. The summed E-state index contributed by atoms with van der Waals surface area (Å²) in [6, 6.07) is 14.8. The average molecular weight is 433 g/mol. The molecule has 2 heterocycles. The fraction of sp³-hybridized carbons (Fsp3) is 0.130. The zero-order valence-electron chi connectivity index (χ0n) is 17.1. The molecule has 8 heteroatoms. The first-order valence-electron chi connectivity index (χ1n) is 9.68. The molecule has 2 aromatic carbocycles. The molecule has 4 rings (SSSR count). The Morgan fingerprint density at radius 2 is 1.94 bits per heavy atom. The van der Waals surface area contributed by atoms with E-state index < -0.39 is 0 Å². The standard InChI is InChI=1S/C23H21ClN6O/c1-15-3-4-16(12-24)11-21(15)28-22(31)17-5-7-19(8-6-17)27-23-25-10-9-20(29-23)18-13-26-30(2)14-18/h3-11,13-14H,12H2,1-2H3,(H,28,31)(H,25,27,29). The minimum absolute atomic E-state index is 0.184. The Bertz CT molecular complexity index is 1220. The summed E-state index contributed by atoms with van der Waals surface area (Å²) in [6.45, 7) is 1.94. The van der Waals surface area contributed by atoms with Crippen molar-refractivity contribution in [1.82, 2.24) is 19.7 Å². The van der Waals surface area contributed by atoms with Crippen molar-refractivity contribution in [3.8, 4) is 11.3 Å². The van der Waals surface area contributed by atoms with E-state index in [1.807, 2.05) is 56.6 Å². The van der Waals surface area contributed by atoms with Crippen LogP contribution in [0.2, 0.25) is 0 Å². The van der Waals surface area contributed by atoms with Gasteiger partial charge in [-0.15, -0.1) is 11.6 Å². The van der Waals surface area contributed by atoms with Crippen molar-refractivity contribution in [2.45, 2.75) is 12.8 Å². The van der Waals surface area contributed by atoms with Crippen molar-refractivity contribution in [2.24, 2.45) is 7.05 Å². The second kappa shape index (κ2) is 8.97. The van der Waals surface area contributed by atoms with Crippen LogP contribution in [-0.4, -0.2) is 25.7 Å². The highest BCUT2D eigenvalue weighted by molar-refractivity contribution is 6.17. The van der Waals surface area contributed by atoms with E-state index in [-0.39, 0.29) is 5.91 Å². The van der Waals surface area contributed by atoms with Crippen LogP contribution in [0.4, 0.5) is 17.3 Å². The van der Waals surface area contributed by atoms with E-state index in [4.69, 9.17) is 11.6 Å². The molecule has 31 heavy (non-hydrogen) atoms. The average Bonchev–Trinajstić information content (AvgIpc) is 3.22. The predicted octanol–water partition coefficient (Wildman–Crippen LogP) is 4.92. The van der Waals surface area contributed by atoms with Crippen LogP contribution in [0.1, 0.15) is 21.5 Å². The minimum Gasteiger partial charge on any atom is -0.324 e. The van der Waals surface area contributed by atoms with E-state index in [0.717, 1.165) is 33.8 Å². The summed E-state index contributed by atoms with van der Waals surface area (Å²) in [7, 11) is 1.86. The molecule has 0 radical (unpaired) electrons. The van der Waals surface area contributed by atoms with Gasteiger partial charge in [-0.1, -0.05) is 12.1 Å². The van der Waals surface area contributed by atoms with Gasteiger partial charge in [0.05, 0.1) is 11.9 Å². The number of aryl methyl sites for hydroxylation is 2. The van der Waals surface area contributed by atoms with E-state index in [1.165, 1.54) is 0 Å². The van der Waals surface area contributed by atoms with Gasteiger partial charge in [-0.3, -0.25) is 9.48 Å². The van der Waals surface area contributed by atoms with Gasteiger partial charge in [0, 0.05) is 47.8 Å². The van der Waals surface area contributed by atoms with Gasteiger partial charge >= 0.3 is 0 Å². The molecule has 4 aromatic rings. The van der Waals surface area contributed by atoms with E-state index in [0.29, 0.717) is 17.4 Å². The molecule has 7 nitrogen and oxygen atoms in total. The van der Waals surface area contributed by atoms with E-state index in [9.17, 15) is 4.79 Å². The fourth-order valence-corrected chi connectivity index (χ4v) is 3.21. The molecule has 156 valence electrons. The van der Waals surface area contributed by atoms with Gasteiger partial charge in [0.15, 0.2) is 0 Å². The summed E-state index contributed by atoms with van der Waals surface area (Å²) < 4.78 is 1.72. The molecule has 0 aliphatic carbocycles. The van der Waals surface area contributed by atoms with Gasteiger partial charge in [-0.2, -0.15) is 5.10 Å². The largest absolute Gasteiger partial charge is 0.324 e. The number of halogens is 1. The highest BCUT2D eigenvalue weighted by atomic mass is 35.5. The van der Waals surface area contributed by atoms with Gasteiger partial charge in [0.2, 0.25) is 5.95 Å². The van der Waals surface area contributed by atoms with Crippen LogP contribution < -0.4 is 10.6 Å². The van der Waals surface area contributed by atoms with Crippen LogP contribution in [0.3, 0.4) is 0 Å². The molecule has 0 bridgehead atoms. The molecule has 0 unspecified atom stereocenters. The number of hydrogen-bond donors (Lipinski definition) is 2. The Hall–Kier alpha value is -3.71. The van der Waals surface area contributed by atoms with E-state index >= 15 is 0 Å². The van der Waals surface area contributed by atoms with Crippen molar-refractivity contribution in [2.75, 3.05) is 10.6 Å². The topological polar surface area (TPSA) is 84.7 Å². The molecule has 0 saturated carbocycles. The smallest absolute Gasteiger partial charge is 0.255 e. The molecule has 0 spiro atoms. The maximum Gasteiger partial charge on any atom is 0.255 e. The second-order valence-corrected chi connectivity index (χ2v) is 7.37. The third kappa shape index (κ3) is 4.90. The van der Waals surface area contributed by atoms with Crippen molar-refractivity contribution < 1.29 is 4.79 Å². The number of carbonyl (C=O) groups is 1. The number of nitrogens with zero attached hydrogens (tertiary/aromatic N) is 4. The van der Waals surface area contributed by atoms with Crippen molar-refractivity contribution in [3.05, 3.63) is 83.8 Å². The summed E-state index contributed by atoms with van der Waals surface area (Å²) in [4.78, 5) is 21.4. The SMILES string of the molecule is Cc1ccc(CCl)cc1NC(=O)c1ccc(Nc2nccc(-c3cnn(C)c3)n2)cc1. The van der Waals surface area contributed by atoms with Crippen molar-refractivity contribution in [1.29, 1.82) is 0 Å². The number of amides is 1. The van der Waals surface area contributed by atoms with Crippen LogP contribution in [0.5, 0.6) is 0 Å². The Morgan fingerprint density at radius 3 is 2.65 bits per heavy atom. The summed E-state index contributed by atoms with van der Waals surface area (Å²) >= 11 is 5.90. The Balaban J connectivity index is 1.46. The lowest BCUT2D eigenvalue weighted by Gasteiger charge is -2.11. The first kappa shape index (κ1) is 20.6. The molecule has 2 N–H and O–H groups in total. The van der Waals surface area contributed by atoms with Crippen LogP contribution in [0.25, 0.3) is 11.3 Å².